The Morgan fingerprint density at radius 3 is 2.41 bits per heavy atom. The van der Waals surface area contributed by atoms with Gasteiger partial charge >= 0.3 is 6.18 Å². The van der Waals surface area contributed by atoms with Crippen molar-refractivity contribution in [1.82, 2.24) is 19.8 Å². The highest BCUT2D eigenvalue weighted by Crippen LogP contribution is 2.53. The number of rotatable bonds is 11. The number of alkyl halides is 3. The number of ether oxygens (including phenoxy) is 2. The van der Waals surface area contributed by atoms with Gasteiger partial charge in [-0.3, -0.25) is 9.69 Å². The third-order valence-electron chi connectivity index (χ3n) is 12.6. The van der Waals surface area contributed by atoms with E-state index in [0.29, 0.717) is 90.9 Å². The minimum atomic E-state index is -4.60. The van der Waals surface area contributed by atoms with Crippen molar-refractivity contribution in [3.05, 3.63) is 47.5 Å². The zero-order chi connectivity index (χ0) is 38.0. The van der Waals surface area contributed by atoms with Crippen molar-refractivity contribution >= 4 is 40.5 Å². The van der Waals surface area contributed by atoms with Crippen LogP contribution in [0.1, 0.15) is 61.1 Å². The summed E-state index contributed by atoms with van der Waals surface area (Å²) in [6.07, 6.45) is 3.38. The molecule has 5 aliphatic rings. The van der Waals surface area contributed by atoms with Crippen LogP contribution in [0.5, 0.6) is 5.75 Å². The number of nitrogens with two attached hydrogens (primary N) is 1. The molecular formula is C40H49F3N8O3. The Morgan fingerprint density at radius 2 is 1.78 bits per heavy atom. The molecule has 4 aliphatic heterocycles. The number of carbonyl (C=O) groups excluding carboxylic acids is 1. The standard InChI is InChI=1S/C40H49F3N8O3/c1-4-31(52)50-21-38(22-50)9-13-48(14-10-38)36-28-19-27(26-6-7-26)33(32-25(2)5-8-30(45)29(32)20-44)35(54-24-40(41,42)43)34(28)46-37(47-36)49-15-11-39(23-49)12-16-51(39)17-18-53-3/h4-5,8,19-20,26,44H,1,6-7,9-18,21-24,45H2,2-3H3. The van der Waals surface area contributed by atoms with Crippen molar-refractivity contribution in [1.29, 1.82) is 5.41 Å². The van der Waals surface area contributed by atoms with Gasteiger partial charge in [-0.15, -0.1) is 0 Å². The Hall–Kier alpha value is -4.43. The van der Waals surface area contributed by atoms with E-state index in [0.717, 1.165) is 62.7 Å². The van der Waals surface area contributed by atoms with Crippen molar-refractivity contribution in [2.24, 2.45) is 5.41 Å². The fraction of sp³-hybridized carbons (Fsp3) is 0.550. The van der Waals surface area contributed by atoms with E-state index >= 15 is 0 Å². The van der Waals surface area contributed by atoms with Crippen LogP contribution in [0, 0.1) is 17.7 Å². The lowest BCUT2D eigenvalue weighted by atomic mass is 9.72. The number of methoxy groups -OCH3 is 1. The summed E-state index contributed by atoms with van der Waals surface area (Å²) in [6.45, 7) is 10.7. The summed E-state index contributed by atoms with van der Waals surface area (Å²) in [5.41, 5.74) is 10.3. The number of likely N-dealkylation sites (tertiary alicyclic amines) is 2. The largest absolute Gasteiger partial charge is 0.481 e. The van der Waals surface area contributed by atoms with Gasteiger partial charge in [-0.2, -0.15) is 18.2 Å². The van der Waals surface area contributed by atoms with Crippen molar-refractivity contribution in [3.63, 3.8) is 0 Å². The Labute approximate surface area is 313 Å². The molecule has 2 spiro atoms. The summed E-state index contributed by atoms with van der Waals surface area (Å²) < 4.78 is 53.7. The van der Waals surface area contributed by atoms with E-state index < -0.39 is 12.8 Å². The summed E-state index contributed by atoms with van der Waals surface area (Å²) in [5, 5.41) is 8.99. The van der Waals surface area contributed by atoms with Crippen molar-refractivity contribution in [3.8, 4) is 16.9 Å². The first-order valence-corrected chi connectivity index (χ1v) is 19.0. The molecule has 1 aromatic heterocycles. The first-order chi connectivity index (χ1) is 25.9. The number of hydrogen-bond acceptors (Lipinski definition) is 10. The number of amides is 1. The number of hydrogen-bond donors (Lipinski definition) is 2. The molecule has 5 fully saturated rings. The number of nitrogen functional groups attached to an aromatic ring is 1. The number of benzene rings is 2. The van der Waals surface area contributed by atoms with E-state index in [4.69, 9.17) is 30.6 Å². The molecule has 5 heterocycles. The van der Waals surface area contributed by atoms with Crippen molar-refractivity contribution < 1.29 is 27.4 Å². The predicted octanol–water partition coefficient (Wildman–Crippen LogP) is 5.92. The summed E-state index contributed by atoms with van der Waals surface area (Å²) >= 11 is 0. The molecule has 54 heavy (non-hydrogen) atoms. The molecule has 1 unspecified atom stereocenters. The lowest BCUT2D eigenvalue weighted by molar-refractivity contribution is -0.153. The minimum absolute atomic E-state index is 0.0262. The second kappa shape index (κ2) is 13.7. The lowest BCUT2D eigenvalue weighted by Gasteiger charge is -2.54. The highest BCUT2D eigenvalue weighted by atomic mass is 19.4. The Kier molecular flexibility index (Phi) is 9.27. The van der Waals surface area contributed by atoms with Gasteiger partial charge in [0.2, 0.25) is 11.9 Å². The van der Waals surface area contributed by atoms with E-state index in [9.17, 15) is 18.0 Å². The number of nitrogens with zero attached hydrogens (tertiary/aromatic N) is 6. The van der Waals surface area contributed by atoms with Gasteiger partial charge in [-0.05, 0) is 86.3 Å². The van der Waals surface area contributed by atoms with Gasteiger partial charge in [-0.1, -0.05) is 12.6 Å². The monoisotopic (exact) mass is 746 g/mol. The molecular weight excluding hydrogens is 697 g/mol. The lowest BCUT2D eigenvalue weighted by Crippen LogP contribution is -2.62. The predicted molar refractivity (Wildman–Crippen MR) is 204 cm³/mol. The summed E-state index contributed by atoms with van der Waals surface area (Å²) in [5.74, 6) is 1.27. The number of aromatic nitrogens is 2. The third kappa shape index (κ3) is 6.44. The summed E-state index contributed by atoms with van der Waals surface area (Å²) in [6, 6.07) is 5.64. The fourth-order valence-electron chi connectivity index (χ4n) is 9.30. The molecule has 8 rings (SSSR count). The van der Waals surface area contributed by atoms with Gasteiger partial charge in [0.05, 0.1) is 6.61 Å². The van der Waals surface area contributed by atoms with Gasteiger partial charge in [-0.25, -0.2) is 4.98 Å². The smallest absolute Gasteiger partial charge is 0.422 e. The molecule has 288 valence electrons. The molecule has 0 radical (unpaired) electrons. The molecule has 0 bridgehead atoms. The Balaban J connectivity index is 1.29. The normalized spacial score (nSPS) is 22.5. The SMILES string of the molecule is C=CC(=O)N1CC2(CCN(c3nc(N4CCC5(CCN5CCOC)C4)nc4c(OCC(F)(F)F)c(-c5c(C)ccc(N)c5C=N)c(C5CC5)cc34)CC2)C1. The minimum Gasteiger partial charge on any atom is -0.481 e. The number of anilines is 3. The van der Waals surface area contributed by atoms with Crippen LogP contribution in [0.2, 0.25) is 0 Å². The average molecular weight is 747 g/mol. The molecule has 14 heteroatoms. The Bertz CT molecular complexity index is 1990. The van der Waals surface area contributed by atoms with Gasteiger partial charge in [0.1, 0.15) is 11.3 Å². The van der Waals surface area contributed by atoms with E-state index in [1.165, 1.54) is 12.3 Å². The molecule has 3 aromatic rings. The second-order valence-electron chi connectivity index (χ2n) is 16.0. The molecule has 1 atom stereocenters. The first kappa shape index (κ1) is 36.5. The molecule has 4 saturated heterocycles. The van der Waals surface area contributed by atoms with Gasteiger partial charge in [0.15, 0.2) is 12.4 Å². The second-order valence-corrected chi connectivity index (χ2v) is 16.0. The molecule has 3 N–H and O–H groups in total. The van der Waals surface area contributed by atoms with E-state index in [1.807, 2.05) is 17.9 Å². The van der Waals surface area contributed by atoms with Crippen LogP contribution in [-0.2, 0) is 9.53 Å². The maximum atomic E-state index is 14.1. The fourth-order valence-corrected chi connectivity index (χ4v) is 9.30. The number of halogens is 3. The molecule has 1 aliphatic carbocycles. The van der Waals surface area contributed by atoms with E-state index in [-0.39, 0.29) is 28.5 Å². The number of piperidine rings is 1. The summed E-state index contributed by atoms with van der Waals surface area (Å²) in [7, 11) is 1.71. The van der Waals surface area contributed by atoms with Gasteiger partial charge in [0, 0.05) is 98.8 Å². The summed E-state index contributed by atoms with van der Waals surface area (Å²) in [4.78, 5) is 31.4. The highest BCUT2D eigenvalue weighted by molar-refractivity contribution is 6.05. The average Bonchev–Trinajstić information content (AvgIpc) is 3.88. The zero-order valence-corrected chi connectivity index (χ0v) is 31.1. The zero-order valence-electron chi connectivity index (χ0n) is 31.1. The first-order valence-electron chi connectivity index (χ1n) is 19.0. The number of carbonyl (C=O) groups is 1. The van der Waals surface area contributed by atoms with Crippen LogP contribution in [-0.4, -0.2) is 116 Å². The van der Waals surface area contributed by atoms with Crippen LogP contribution < -0.4 is 20.3 Å². The highest BCUT2D eigenvalue weighted by Gasteiger charge is 2.50. The maximum Gasteiger partial charge on any atom is 0.422 e. The maximum absolute atomic E-state index is 14.1. The Morgan fingerprint density at radius 1 is 1.06 bits per heavy atom. The molecule has 11 nitrogen and oxygen atoms in total. The number of aryl methyl sites for hydroxylation is 1. The topological polar surface area (TPSA) is 124 Å². The molecule has 2 aromatic carbocycles. The van der Waals surface area contributed by atoms with Crippen LogP contribution in [0.25, 0.3) is 22.0 Å². The van der Waals surface area contributed by atoms with Crippen molar-refractivity contribution in [2.75, 3.05) is 88.2 Å². The third-order valence-corrected chi connectivity index (χ3v) is 12.6. The quantitative estimate of drug-likeness (QED) is 0.140. The van der Waals surface area contributed by atoms with Crippen LogP contribution >= 0.6 is 0 Å². The molecule has 1 saturated carbocycles. The van der Waals surface area contributed by atoms with Gasteiger partial charge < -0.3 is 35.3 Å². The van der Waals surface area contributed by atoms with Crippen molar-refractivity contribution in [2.45, 2.75) is 63.1 Å². The van der Waals surface area contributed by atoms with E-state index in [2.05, 4.69) is 27.3 Å². The number of nitrogens with one attached hydrogen (secondary N) is 1. The van der Waals surface area contributed by atoms with Crippen LogP contribution in [0.15, 0.2) is 30.9 Å². The van der Waals surface area contributed by atoms with Crippen LogP contribution in [0.3, 0.4) is 0 Å². The van der Waals surface area contributed by atoms with Gasteiger partial charge in [0.25, 0.3) is 0 Å². The van der Waals surface area contributed by atoms with E-state index in [1.54, 1.807) is 13.2 Å². The molecule has 1 amide bonds. The van der Waals surface area contributed by atoms with Crippen LogP contribution in [0.4, 0.5) is 30.6 Å². The number of fused-ring (bicyclic) bond motifs is 1.